The fourth-order valence-electron chi connectivity index (χ4n) is 0. The molecule has 0 bridgehead atoms. The summed E-state index contributed by atoms with van der Waals surface area (Å²) in [4.78, 5) is 0. The normalized spacial score (nSPS) is 11.9. The average molecular weight is 193 g/mol. The maximum atomic E-state index is 10.2. The van der Waals surface area contributed by atoms with Crippen molar-refractivity contribution in [1.29, 1.82) is 0 Å². The van der Waals surface area contributed by atoms with Gasteiger partial charge in [-0.3, -0.25) is 0 Å². The Hall–Kier alpha value is 0.280. The topological polar surface area (TPSA) is 109 Å². The van der Waals surface area contributed by atoms with Crippen LogP contribution in [0.3, 0.4) is 0 Å². The van der Waals surface area contributed by atoms with Crippen LogP contribution in [-0.4, -0.2) is 18.8 Å². The van der Waals surface area contributed by atoms with Crippen molar-refractivity contribution in [2.45, 2.75) is 0 Å². The van der Waals surface area contributed by atoms with Gasteiger partial charge in [-0.25, -0.2) is 18.6 Å². The van der Waals surface area contributed by atoms with E-state index in [9.17, 15) is 4.21 Å². The second kappa shape index (κ2) is 4.22. The Bertz CT molecular complexity index is 109. The lowest BCUT2D eigenvalue weighted by Crippen LogP contribution is -2.68. The van der Waals surface area contributed by atoms with E-state index in [0.717, 1.165) is 0 Å². The molecule has 0 spiro atoms. The van der Waals surface area contributed by atoms with Gasteiger partial charge in [-0.05, 0) is 0 Å². The third-order valence-corrected chi connectivity index (χ3v) is 0. The summed E-state index contributed by atoms with van der Waals surface area (Å²) in [6.45, 7) is 0. The summed E-state index contributed by atoms with van der Waals surface area (Å²) in [7, 11) is -6.36. The van der Waals surface area contributed by atoms with Gasteiger partial charge in [0.15, 0.2) is 0 Å². The Morgan fingerprint density at radius 2 is 1.00 bits per heavy atom. The number of hydrogen-bond donors (Lipinski definition) is 0. The maximum absolute atomic E-state index is 10.2. The summed E-state index contributed by atoms with van der Waals surface area (Å²) < 4.78 is 44.2. The van der Waals surface area contributed by atoms with Crippen LogP contribution in [0, 0.1) is 10.2 Å². The summed E-state index contributed by atoms with van der Waals surface area (Å²) in [5.41, 5.74) is 0. The van der Waals surface area contributed by atoms with E-state index in [2.05, 4.69) is 0 Å². The van der Waals surface area contributed by atoms with E-state index in [-0.39, 0.29) is 0 Å². The van der Waals surface area contributed by atoms with Crippen LogP contribution in [-0.2, 0) is 14.1 Å². The molecular weight excluding hydrogens is 184 g/mol. The molecule has 0 saturated heterocycles. The molecule has 0 aliphatic heterocycles. The van der Waals surface area contributed by atoms with Gasteiger partial charge >= 0.3 is 0 Å². The molecule has 64 valence electrons. The summed E-state index contributed by atoms with van der Waals surface area (Å²) in [6.07, 6.45) is 5.15. The molecule has 10 heavy (non-hydrogen) atoms. The summed E-state index contributed by atoms with van der Waals surface area (Å²) in [5, 5.41) is 0. The van der Waals surface area contributed by atoms with Gasteiger partial charge in [0.1, 0.15) is 18.8 Å². The van der Waals surface area contributed by atoms with Gasteiger partial charge in [-0.15, -0.1) is 14.5 Å². The van der Waals surface area contributed by atoms with Crippen LogP contribution in [0.25, 0.3) is 0 Å². The molecule has 0 aromatic heterocycles. The van der Waals surface area contributed by atoms with E-state index >= 15 is 0 Å². The van der Waals surface area contributed by atoms with Crippen molar-refractivity contribution < 1.29 is 33.1 Å². The molecule has 0 unspecified atom stereocenters. The fraction of sp³-hybridized carbons (Fsp3) is 1.00. The predicted octanol–water partition coefficient (Wildman–Crippen LogP) is -4.38. The van der Waals surface area contributed by atoms with Crippen molar-refractivity contribution in [3.05, 3.63) is 0 Å². The molecule has 0 fully saturated rings. The van der Waals surface area contributed by atoms with Crippen molar-refractivity contribution in [3.63, 3.8) is 0 Å². The first kappa shape index (κ1) is 12.9. The van der Waals surface area contributed by atoms with Crippen LogP contribution < -0.4 is 18.6 Å². The van der Waals surface area contributed by atoms with Crippen molar-refractivity contribution in [1.82, 2.24) is 0 Å². The lowest BCUT2D eigenvalue weighted by atomic mass is 11.9. The van der Waals surface area contributed by atoms with E-state index in [0.29, 0.717) is 0 Å². The smallest absolute Gasteiger partial charge is 0.101 e. The van der Waals surface area contributed by atoms with Gasteiger partial charge in [0.2, 0.25) is 0 Å². The quantitative estimate of drug-likeness (QED) is 0.360. The molecular formula is C3H9ClO5S. The molecule has 0 amide bonds. The van der Waals surface area contributed by atoms with Crippen LogP contribution in [0.4, 0.5) is 0 Å². The van der Waals surface area contributed by atoms with Crippen LogP contribution in [0.2, 0.25) is 0 Å². The molecule has 0 aromatic carbocycles. The second-order valence-electron chi connectivity index (χ2n) is 2.10. The highest BCUT2D eigenvalue weighted by molar-refractivity contribution is 8.00. The minimum Gasteiger partial charge on any atom is -0.222 e. The lowest BCUT2D eigenvalue weighted by Gasteiger charge is -2.17. The summed E-state index contributed by atoms with van der Waals surface area (Å²) in [6, 6.07) is 0. The molecule has 0 atom stereocenters. The summed E-state index contributed by atoms with van der Waals surface area (Å²) >= 11 is 0. The SMILES string of the molecule is C[S+](C)(C)=O.[O-][Cl+3]([O-])([O-])[O-]. The third-order valence-electron chi connectivity index (χ3n) is 0. The van der Waals surface area contributed by atoms with Crippen LogP contribution in [0.5, 0.6) is 0 Å². The van der Waals surface area contributed by atoms with Gasteiger partial charge in [0, 0.05) is 0 Å². The van der Waals surface area contributed by atoms with Crippen molar-refractivity contribution in [3.8, 4) is 0 Å². The summed E-state index contributed by atoms with van der Waals surface area (Å²) in [5.74, 6) is 0. The first-order valence-electron chi connectivity index (χ1n) is 2.01. The van der Waals surface area contributed by atoms with E-state index in [1.165, 1.54) is 0 Å². The molecule has 0 aliphatic carbocycles. The van der Waals surface area contributed by atoms with Gasteiger partial charge < -0.3 is 0 Å². The zero-order valence-electron chi connectivity index (χ0n) is 5.83. The highest BCUT2D eigenvalue weighted by atomic mass is 35.7. The maximum Gasteiger partial charge on any atom is 0.101 e. The van der Waals surface area contributed by atoms with E-state index < -0.39 is 20.2 Å². The van der Waals surface area contributed by atoms with E-state index in [4.69, 9.17) is 18.6 Å². The third kappa shape index (κ3) is 5600. The van der Waals surface area contributed by atoms with E-state index in [1.54, 1.807) is 18.8 Å². The molecule has 0 N–H and O–H groups in total. The standard InChI is InChI=1S/C3H9OS.ClHO4/c1-5(2,3)4;2-1(3,4)5/h1-3H3;(H,2,3,4,5)/q+1;/p-1. The molecule has 0 aliphatic rings. The van der Waals surface area contributed by atoms with Gasteiger partial charge in [0.05, 0.1) is 9.93 Å². The number of hydrogen-bond acceptors (Lipinski definition) is 5. The van der Waals surface area contributed by atoms with Crippen LogP contribution in [0.15, 0.2) is 0 Å². The molecule has 0 heterocycles. The number of halogens is 1. The molecule has 7 heteroatoms. The zero-order valence-corrected chi connectivity index (χ0v) is 7.40. The predicted molar refractivity (Wildman–Crippen MR) is 25.8 cm³/mol. The minimum atomic E-state index is -4.94. The van der Waals surface area contributed by atoms with Crippen molar-refractivity contribution in [2.24, 2.45) is 0 Å². The second-order valence-corrected chi connectivity index (χ2v) is 6.31. The van der Waals surface area contributed by atoms with Gasteiger partial charge in [-0.1, -0.05) is 0 Å². The zero-order chi connectivity index (χ0) is 9.00. The minimum absolute atomic E-state index is 1.42. The van der Waals surface area contributed by atoms with Crippen molar-refractivity contribution in [2.75, 3.05) is 18.8 Å². The Morgan fingerprint density at radius 1 is 1.00 bits per heavy atom. The molecule has 0 rings (SSSR count). The first-order valence-corrected chi connectivity index (χ1v) is 6.03. The Kier molecular flexibility index (Phi) is 5.45. The monoisotopic (exact) mass is 192 g/mol. The van der Waals surface area contributed by atoms with Gasteiger partial charge in [0.25, 0.3) is 0 Å². The lowest BCUT2D eigenvalue weighted by molar-refractivity contribution is -2.00. The highest BCUT2D eigenvalue weighted by Crippen LogP contribution is 1.78. The molecule has 0 aromatic rings. The van der Waals surface area contributed by atoms with Crippen molar-refractivity contribution >= 4 is 9.93 Å². The first-order chi connectivity index (χ1) is 4.00. The highest BCUT2D eigenvalue weighted by Gasteiger charge is 1.95. The van der Waals surface area contributed by atoms with Crippen LogP contribution >= 0.6 is 0 Å². The molecule has 5 nitrogen and oxygen atoms in total. The van der Waals surface area contributed by atoms with Gasteiger partial charge in [-0.2, -0.15) is 0 Å². The Morgan fingerprint density at radius 3 is 1.00 bits per heavy atom. The average Bonchev–Trinajstić information content (AvgIpc) is 1.12. The molecule has 0 saturated carbocycles. The molecule has 0 radical (unpaired) electrons. The fourth-order valence-corrected chi connectivity index (χ4v) is 0. The van der Waals surface area contributed by atoms with Crippen LogP contribution in [0.1, 0.15) is 0 Å². The van der Waals surface area contributed by atoms with E-state index in [1.807, 2.05) is 0 Å². The Balaban J connectivity index is 0. The number of rotatable bonds is 0. The largest absolute Gasteiger partial charge is 0.222 e. The Labute approximate surface area is 62.5 Å².